The van der Waals surface area contributed by atoms with Crippen LogP contribution in [0.5, 0.6) is 0 Å². The van der Waals surface area contributed by atoms with E-state index in [0.29, 0.717) is 12.1 Å². The first-order chi connectivity index (χ1) is 8.65. The van der Waals surface area contributed by atoms with E-state index in [2.05, 4.69) is 37.9 Å². The number of nitrogens with one attached hydrogen (secondary N) is 1. The van der Waals surface area contributed by atoms with Gasteiger partial charge in [0.2, 0.25) is 0 Å². The smallest absolute Gasteiger partial charge is 0.0594 e. The molecule has 1 saturated heterocycles. The van der Waals surface area contributed by atoms with Crippen molar-refractivity contribution in [2.24, 2.45) is 5.92 Å². The molecule has 3 nitrogen and oxygen atoms in total. The standard InChI is InChI=1S/C15H32N2O/c1-5-13(3)11-15(6-2)16-14(4)12-17-7-9-18-10-8-17/h13-16H,5-12H2,1-4H3. The van der Waals surface area contributed by atoms with Gasteiger partial charge in [-0.1, -0.05) is 27.2 Å². The summed E-state index contributed by atoms with van der Waals surface area (Å²) in [6, 6.07) is 1.26. The summed E-state index contributed by atoms with van der Waals surface area (Å²) in [5, 5.41) is 3.80. The maximum atomic E-state index is 5.39. The molecular formula is C15H32N2O. The van der Waals surface area contributed by atoms with E-state index < -0.39 is 0 Å². The van der Waals surface area contributed by atoms with Crippen LogP contribution < -0.4 is 5.32 Å². The quantitative estimate of drug-likeness (QED) is 0.722. The zero-order chi connectivity index (χ0) is 13.4. The van der Waals surface area contributed by atoms with Crippen LogP contribution in [0.3, 0.4) is 0 Å². The number of morpholine rings is 1. The Morgan fingerprint density at radius 2 is 1.78 bits per heavy atom. The summed E-state index contributed by atoms with van der Waals surface area (Å²) in [5.41, 5.74) is 0. The third-order valence-electron chi connectivity index (χ3n) is 4.03. The minimum absolute atomic E-state index is 0.581. The number of hydrogen-bond donors (Lipinski definition) is 1. The first-order valence-corrected chi connectivity index (χ1v) is 7.71. The molecule has 18 heavy (non-hydrogen) atoms. The first kappa shape index (κ1) is 15.9. The lowest BCUT2D eigenvalue weighted by Crippen LogP contribution is -2.47. The largest absolute Gasteiger partial charge is 0.379 e. The zero-order valence-corrected chi connectivity index (χ0v) is 12.7. The van der Waals surface area contributed by atoms with Crippen molar-refractivity contribution in [2.75, 3.05) is 32.8 Å². The number of hydrogen-bond acceptors (Lipinski definition) is 3. The van der Waals surface area contributed by atoms with Gasteiger partial charge in [0.15, 0.2) is 0 Å². The van der Waals surface area contributed by atoms with E-state index in [1.54, 1.807) is 0 Å². The van der Waals surface area contributed by atoms with Crippen molar-refractivity contribution in [3.8, 4) is 0 Å². The Hall–Kier alpha value is -0.120. The van der Waals surface area contributed by atoms with Gasteiger partial charge in [0.05, 0.1) is 13.2 Å². The molecule has 3 unspecified atom stereocenters. The van der Waals surface area contributed by atoms with Crippen molar-refractivity contribution in [1.29, 1.82) is 0 Å². The van der Waals surface area contributed by atoms with E-state index in [-0.39, 0.29) is 0 Å². The van der Waals surface area contributed by atoms with Gasteiger partial charge in [-0.25, -0.2) is 0 Å². The van der Waals surface area contributed by atoms with E-state index in [0.717, 1.165) is 38.8 Å². The van der Waals surface area contributed by atoms with Crippen LogP contribution >= 0.6 is 0 Å². The predicted octanol–water partition coefficient (Wildman–Crippen LogP) is 2.51. The monoisotopic (exact) mass is 256 g/mol. The van der Waals surface area contributed by atoms with Gasteiger partial charge in [0.1, 0.15) is 0 Å². The second-order valence-electron chi connectivity index (χ2n) is 5.83. The van der Waals surface area contributed by atoms with Gasteiger partial charge in [-0.05, 0) is 25.7 Å². The number of rotatable bonds is 8. The normalized spacial score (nSPS) is 22.7. The van der Waals surface area contributed by atoms with Crippen LogP contribution in [0.2, 0.25) is 0 Å². The molecule has 0 spiro atoms. The maximum Gasteiger partial charge on any atom is 0.0594 e. The van der Waals surface area contributed by atoms with Crippen molar-refractivity contribution in [3.05, 3.63) is 0 Å². The Labute approximate surface area is 113 Å². The van der Waals surface area contributed by atoms with Gasteiger partial charge < -0.3 is 10.1 Å². The van der Waals surface area contributed by atoms with Crippen molar-refractivity contribution < 1.29 is 4.74 Å². The molecule has 108 valence electrons. The molecule has 1 fully saturated rings. The lowest BCUT2D eigenvalue weighted by atomic mass is 9.97. The summed E-state index contributed by atoms with van der Waals surface area (Å²) in [4.78, 5) is 2.51. The highest BCUT2D eigenvalue weighted by Crippen LogP contribution is 2.12. The summed E-state index contributed by atoms with van der Waals surface area (Å²) in [7, 11) is 0. The van der Waals surface area contributed by atoms with Gasteiger partial charge in [0, 0.05) is 31.7 Å². The van der Waals surface area contributed by atoms with Crippen LogP contribution in [0.4, 0.5) is 0 Å². The van der Waals surface area contributed by atoms with Crippen LogP contribution in [0.1, 0.15) is 47.0 Å². The lowest BCUT2D eigenvalue weighted by Gasteiger charge is -2.31. The minimum atomic E-state index is 0.581. The van der Waals surface area contributed by atoms with Crippen LogP contribution in [0, 0.1) is 5.92 Å². The van der Waals surface area contributed by atoms with E-state index in [4.69, 9.17) is 4.74 Å². The van der Waals surface area contributed by atoms with E-state index in [9.17, 15) is 0 Å². The third kappa shape index (κ3) is 6.17. The van der Waals surface area contributed by atoms with Gasteiger partial charge >= 0.3 is 0 Å². The SMILES string of the molecule is CCC(C)CC(CC)NC(C)CN1CCOCC1. The summed E-state index contributed by atoms with van der Waals surface area (Å²) in [5.74, 6) is 0.832. The molecule has 1 heterocycles. The van der Waals surface area contributed by atoms with Crippen molar-refractivity contribution in [3.63, 3.8) is 0 Å². The molecule has 1 aliphatic heterocycles. The Balaban J connectivity index is 2.25. The van der Waals surface area contributed by atoms with Crippen LogP contribution in [-0.2, 0) is 4.74 Å². The van der Waals surface area contributed by atoms with Crippen LogP contribution in [-0.4, -0.2) is 49.8 Å². The number of ether oxygens (including phenoxy) is 1. The molecule has 3 heteroatoms. The predicted molar refractivity (Wildman–Crippen MR) is 78.0 cm³/mol. The molecule has 0 aromatic heterocycles. The molecule has 0 aromatic rings. The summed E-state index contributed by atoms with van der Waals surface area (Å²) in [6.45, 7) is 14.4. The lowest BCUT2D eigenvalue weighted by molar-refractivity contribution is 0.0336. The molecule has 0 radical (unpaired) electrons. The number of nitrogens with zero attached hydrogens (tertiary/aromatic N) is 1. The molecule has 0 saturated carbocycles. The highest BCUT2D eigenvalue weighted by molar-refractivity contribution is 4.76. The molecule has 1 rings (SSSR count). The second kappa shape index (κ2) is 8.89. The zero-order valence-electron chi connectivity index (χ0n) is 12.7. The van der Waals surface area contributed by atoms with Crippen LogP contribution in [0.15, 0.2) is 0 Å². The Morgan fingerprint density at radius 1 is 1.11 bits per heavy atom. The van der Waals surface area contributed by atoms with E-state index >= 15 is 0 Å². The Kier molecular flexibility index (Phi) is 7.87. The Bertz CT molecular complexity index is 205. The highest BCUT2D eigenvalue weighted by Gasteiger charge is 2.17. The van der Waals surface area contributed by atoms with Crippen LogP contribution in [0.25, 0.3) is 0 Å². The van der Waals surface area contributed by atoms with Crippen molar-refractivity contribution in [2.45, 2.75) is 59.0 Å². The van der Waals surface area contributed by atoms with Crippen molar-refractivity contribution in [1.82, 2.24) is 10.2 Å². The summed E-state index contributed by atoms with van der Waals surface area (Å²) in [6.07, 6.45) is 3.83. The van der Waals surface area contributed by atoms with E-state index in [1.807, 2.05) is 0 Å². The Morgan fingerprint density at radius 3 is 2.33 bits per heavy atom. The van der Waals surface area contributed by atoms with Gasteiger partial charge in [-0.3, -0.25) is 4.90 Å². The van der Waals surface area contributed by atoms with Gasteiger partial charge in [0.25, 0.3) is 0 Å². The average Bonchev–Trinajstić information content (AvgIpc) is 2.38. The van der Waals surface area contributed by atoms with E-state index in [1.165, 1.54) is 19.3 Å². The van der Waals surface area contributed by atoms with Crippen molar-refractivity contribution >= 4 is 0 Å². The minimum Gasteiger partial charge on any atom is -0.379 e. The third-order valence-corrected chi connectivity index (χ3v) is 4.03. The fourth-order valence-electron chi connectivity index (χ4n) is 2.63. The molecule has 0 aliphatic carbocycles. The summed E-state index contributed by atoms with van der Waals surface area (Å²) < 4.78 is 5.39. The molecular weight excluding hydrogens is 224 g/mol. The molecule has 0 aromatic carbocycles. The van der Waals surface area contributed by atoms with Gasteiger partial charge in [-0.2, -0.15) is 0 Å². The van der Waals surface area contributed by atoms with Gasteiger partial charge in [-0.15, -0.1) is 0 Å². The molecule has 0 amide bonds. The molecule has 0 bridgehead atoms. The average molecular weight is 256 g/mol. The first-order valence-electron chi connectivity index (χ1n) is 7.71. The molecule has 1 aliphatic rings. The highest BCUT2D eigenvalue weighted by atomic mass is 16.5. The summed E-state index contributed by atoms with van der Waals surface area (Å²) >= 11 is 0. The molecule has 3 atom stereocenters. The maximum absolute atomic E-state index is 5.39. The second-order valence-corrected chi connectivity index (χ2v) is 5.83. The topological polar surface area (TPSA) is 24.5 Å². The fraction of sp³-hybridized carbons (Fsp3) is 1.00. The molecule has 1 N–H and O–H groups in total. The fourth-order valence-corrected chi connectivity index (χ4v) is 2.63.